The molecule has 1 N–H and O–H groups in total. The molecule has 5 nitrogen and oxygen atoms in total. The minimum Gasteiger partial charge on any atom is -0.382 e. The predicted molar refractivity (Wildman–Crippen MR) is 156 cm³/mol. The van der Waals surface area contributed by atoms with E-state index in [1.165, 1.54) is 0 Å². The van der Waals surface area contributed by atoms with Crippen LogP contribution in [0.4, 0.5) is 5.69 Å². The number of pyridine rings is 1. The van der Waals surface area contributed by atoms with Gasteiger partial charge < -0.3 is 10.2 Å². The first-order valence-corrected chi connectivity index (χ1v) is 13.4. The van der Waals surface area contributed by atoms with E-state index in [1.807, 2.05) is 48.7 Å². The fourth-order valence-corrected chi connectivity index (χ4v) is 4.97. The SMILES string of the molecule is CCN(CC)CCCC(C)Nc1ccnc2ccc3nc(-c4ccccc4)c(-c4ccccc4)nc3c12. The first kappa shape index (κ1) is 24.8. The number of hydrogen-bond acceptors (Lipinski definition) is 5. The normalized spacial score (nSPS) is 12.3. The Morgan fingerprint density at radius 2 is 1.38 bits per heavy atom. The molecule has 0 amide bonds. The van der Waals surface area contributed by atoms with E-state index in [2.05, 4.69) is 72.4 Å². The van der Waals surface area contributed by atoms with E-state index >= 15 is 0 Å². The van der Waals surface area contributed by atoms with Gasteiger partial charge in [-0.25, -0.2) is 9.97 Å². The van der Waals surface area contributed by atoms with Gasteiger partial charge in [0.2, 0.25) is 0 Å². The summed E-state index contributed by atoms with van der Waals surface area (Å²) in [6.07, 6.45) is 4.14. The maximum absolute atomic E-state index is 5.28. The van der Waals surface area contributed by atoms with E-state index in [9.17, 15) is 0 Å². The first-order valence-electron chi connectivity index (χ1n) is 13.4. The molecule has 3 aromatic carbocycles. The third kappa shape index (κ3) is 5.47. The molecule has 0 saturated heterocycles. The summed E-state index contributed by atoms with van der Waals surface area (Å²) >= 11 is 0. The van der Waals surface area contributed by atoms with Gasteiger partial charge in [-0.15, -0.1) is 0 Å². The number of benzene rings is 3. The lowest BCUT2D eigenvalue weighted by molar-refractivity contribution is 0.295. The van der Waals surface area contributed by atoms with Crippen LogP contribution in [0.2, 0.25) is 0 Å². The summed E-state index contributed by atoms with van der Waals surface area (Å²) in [5.74, 6) is 0. The molecule has 5 aromatic rings. The quantitative estimate of drug-likeness (QED) is 0.207. The Morgan fingerprint density at radius 3 is 2.03 bits per heavy atom. The molecule has 0 aliphatic heterocycles. The molecule has 37 heavy (non-hydrogen) atoms. The Labute approximate surface area is 219 Å². The zero-order valence-electron chi connectivity index (χ0n) is 22.0. The van der Waals surface area contributed by atoms with Crippen LogP contribution in [0.3, 0.4) is 0 Å². The molecule has 2 heterocycles. The molecular weight excluding hydrogens is 454 g/mol. The molecule has 1 unspecified atom stereocenters. The maximum atomic E-state index is 5.28. The van der Waals surface area contributed by atoms with Crippen molar-refractivity contribution in [3.63, 3.8) is 0 Å². The second-order valence-electron chi connectivity index (χ2n) is 9.55. The van der Waals surface area contributed by atoms with Gasteiger partial charge in [-0.05, 0) is 57.6 Å². The number of hydrogen-bond donors (Lipinski definition) is 1. The van der Waals surface area contributed by atoms with Crippen LogP contribution in [-0.2, 0) is 0 Å². The van der Waals surface area contributed by atoms with Gasteiger partial charge in [0.05, 0.1) is 27.8 Å². The Morgan fingerprint density at radius 1 is 0.757 bits per heavy atom. The van der Waals surface area contributed by atoms with E-state index in [1.54, 1.807) is 0 Å². The van der Waals surface area contributed by atoms with Crippen LogP contribution < -0.4 is 5.32 Å². The number of aromatic nitrogens is 3. The van der Waals surface area contributed by atoms with Crippen molar-refractivity contribution in [2.75, 3.05) is 25.0 Å². The van der Waals surface area contributed by atoms with E-state index in [0.717, 1.165) is 82.6 Å². The molecule has 1 atom stereocenters. The molecule has 5 heteroatoms. The third-order valence-electron chi connectivity index (χ3n) is 7.04. The van der Waals surface area contributed by atoms with Crippen molar-refractivity contribution in [2.24, 2.45) is 0 Å². The molecule has 0 radical (unpaired) electrons. The van der Waals surface area contributed by atoms with Gasteiger partial charge >= 0.3 is 0 Å². The molecule has 0 bridgehead atoms. The summed E-state index contributed by atoms with van der Waals surface area (Å²) < 4.78 is 0. The summed E-state index contributed by atoms with van der Waals surface area (Å²) in [7, 11) is 0. The highest BCUT2D eigenvalue weighted by Gasteiger charge is 2.17. The molecule has 188 valence electrons. The molecule has 0 spiro atoms. The summed E-state index contributed by atoms with van der Waals surface area (Å²) in [5.41, 5.74) is 7.62. The highest BCUT2D eigenvalue weighted by Crippen LogP contribution is 2.35. The lowest BCUT2D eigenvalue weighted by Crippen LogP contribution is -2.25. The molecular formula is C32H35N5. The Balaban J connectivity index is 1.58. The standard InChI is InChI=1S/C32H35N5/c1-4-37(5-2)22-12-13-23(3)34-27-20-21-33-26-18-19-28-32(29(26)27)36-31(25-16-10-7-11-17-25)30(35-28)24-14-8-6-9-15-24/h6-11,14-21,23H,4-5,12-13,22H2,1-3H3,(H,33,34). The number of nitrogens with one attached hydrogen (secondary N) is 1. The maximum Gasteiger partial charge on any atom is 0.101 e. The van der Waals surface area contributed by atoms with Crippen LogP contribution in [-0.4, -0.2) is 45.5 Å². The second-order valence-corrected chi connectivity index (χ2v) is 9.55. The Kier molecular flexibility index (Phi) is 7.71. The fraction of sp³-hybridized carbons (Fsp3) is 0.281. The Hall–Kier alpha value is -3.83. The minimum absolute atomic E-state index is 0.335. The molecule has 0 aliphatic rings. The van der Waals surface area contributed by atoms with Gasteiger partial charge in [-0.2, -0.15) is 0 Å². The number of fused-ring (bicyclic) bond motifs is 3. The largest absolute Gasteiger partial charge is 0.382 e. The van der Waals surface area contributed by atoms with E-state index in [0.29, 0.717) is 6.04 Å². The molecule has 5 rings (SSSR count). The fourth-order valence-electron chi connectivity index (χ4n) is 4.97. The molecule has 0 aliphatic carbocycles. The lowest BCUT2D eigenvalue weighted by Gasteiger charge is -2.21. The van der Waals surface area contributed by atoms with Gasteiger partial charge in [-0.3, -0.25) is 4.98 Å². The lowest BCUT2D eigenvalue weighted by atomic mass is 10.0. The molecule has 2 aromatic heterocycles. The van der Waals surface area contributed by atoms with Crippen LogP contribution in [0.15, 0.2) is 85.1 Å². The summed E-state index contributed by atoms with van der Waals surface area (Å²) in [4.78, 5) is 17.6. The first-order chi connectivity index (χ1) is 18.2. The zero-order valence-corrected chi connectivity index (χ0v) is 22.0. The van der Waals surface area contributed by atoms with Gasteiger partial charge in [0.15, 0.2) is 0 Å². The number of anilines is 1. The van der Waals surface area contributed by atoms with Crippen LogP contribution in [0.5, 0.6) is 0 Å². The highest BCUT2D eigenvalue weighted by atomic mass is 15.1. The van der Waals surface area contributed by atoms with E-state index in [-0.39, 0.29) is 0 Å². The minimum atomic E-state index is 0.335. The molecule has 0 fully saturated rings. The van der Waals surface area contributed by atoms with Gasteiger partial charge in [0, 0.05) is 29.1 Å². The van der Waals surface area contributed by atoms with Crippen LogP contribution in [0.1, 0.15) is 33.6 Å². The van der Waals surface area contributed by atoms with Crippen molar-refractivity contribution in [3.8, 4) is 22.5 Å². The van der Waals surface area contributed by atoms with Gasteiger partial charge in [-0.1, -0.05) is 74.5 Å². The van der Waals surface area contributed by atoms with Crippen molar-refractivity contribution in [1.29, 1.82) is 0 Å². The number of nitrogens with zero attached hydrogens (tertiary/aromatic N) is 4. The average molecular weight is 490 g/mol. The van der Waals surface area contributed by atoms with Crippen LogP contribution in [0, 0.1) is 0 Å². The summed E-state index contributed by atoms with van der Waals surface area (Å²) in [6, 6.07) is 27.1. The summed E-state index contributed by atoms with van der Waals surface area (Å²) in [6.45, 7) is 10.1. The van der Waals surface area contributed by atoms with Gasteiger partial charge in [0.1, 0.15) is 5.52 Å². The topological polar surface area (TPSA) is 53.9 Å². The monoisotopic (exact) mass is 489 g/mol. The third-order valence-corrected chi connectivity index (χ3v) is 7.04. The average Bonchev–Trinajstić information content (AvgIpc) is 2.95. The van der Waals surface area contributed by atoms with Gasteiger partial charge in [0.25, 0.3) is 0 Å². The number of rotatable bonds is 10. The smallest absolute Gasteiger partial charge is 0.101 e. The van der Waals surface area contributed by atoms with Crippen molar-refractivity contribution in [1.82, 2.24) is 19.9 Å². The van der Waals surface area contributed by atoms with E-state index < -0.39 is 0 Å². The van der Waals surface area contributed by atoms with Crippen LogP contribution in [0.25, 0.3) is 44.5 Å². The summed E-state index contributed by atoms with van der Waals surface area (Å²) in [5, 5.41) is 4.79. The molecule has 0 saturated carbocycles. The van der Waals surface area contributed by atoms with E-state index in [4.69, 9.17) is 9.97 Å². The van der Waals surface area contributed by atoms with Crippen molar-refractivity contribution in [2.45, 2.75) is 39.7 Å². The van der Waals surface area contributed by atoms with Crippen molar-refractivity contribution >= 4 is 27.6 Å². The predicted octanol–water partition coefficient (Wildman–Crippen LogP) is 7.43. The van der Waals surface area contributed by atoms with Crippen molar-refractivity contribution in [3.05, 3.63) is 85.1 Å². The van der Waals surface area contributed by atoms with Crippen LogP contribution >= 0.6 is 0 Å². The zero-order chi connectivity index (χ0) is 25.6. The van der Waals surface area contributed by atoms with Crippen molar-refractivity contribution < 1.29 is 0 Å². The second kappa shape index (κ2) is 11.5. The highest BCUT2D eigenvalue weighted by molar-refractivity contribution is 6.10. The Bertz CT molecular complexity index is 1460.